The molecule has 0 atom stereocenters. The molecular formula is C11H13N3O3S. The van der Waals surface area contributed by atoms with Crippen LogP contribution in [0.15, 0.2) is 17.6 Å². The third-order valence-electron chi connectivity index (χ3n) is 2.53. The van der Waals surface area contributed by atoms with E-state index < -0.39 is 10.5 Å². The zero-order valence-electron chi connectivity index (χ0n) is 10.0. The molecule has 1 heterocycles. The Morgan fingerprint density at radius 1 is 1.56 bits per heavy atom. The third kappa shape index (κ3) is 2.27. The highest BCUT2D eigenvalue weighted by atomic mass is 32.1. The molecule has 0 radical (unpaired) electrons. The van der Waals surface area contributed by atoms with E-state index in [0.717, 1.165) is 4.70 Å². The molecule has 18 heavy (non-hydrogen) atoms. The minimum absolute atomic E-state index is 0.0460. The summed E-state index contributed by atoms with van der Waals surface area (Å²) in [6, 6.07) is 3.44. The second kappa shape index (κ2) is 4.51. The van der Waals surface area contributed by atoms with Crippen molar-refractivity contribution in [3.8, 4) is 0 Å². The number of fused-ring (bicyclic) bond motifs is 1. The van der Waals surface area contributed by atoms with Gasteiger partial charge in [-0.2, -0.15) is 0 Å². The number of nitro groups is 1. The van der Waals surface area contributed by atoms with Crippen molar-refractivity contribution in [1.82, 2.24) is 4.98 Å². The van der Waals surface area contributed by atoms with E-state index in [9.17, 15) is 15.2 Å². The van der Waals surface area contributed by atoms with Gasteiger partial charge in [0.15, 0.2) is 5.52 Å². The van der Waals surface area contributed by atoms with Crippen molar-refractivity contribution in [3.05, 3.63) is 27.8 Å². The summed E-state index contributed by atoms with van der Waals surface area (Å²) in [5.41, 5.74) is 1.66. The lowest BCUT2D eigenvalue weighted by Crippen LogP contribution is -2.35. The molecule has 2 aromatic rings. The summed E-state index contributed by atoms with van der Waals surface area (Å²) < 4.78 is 0.772. The number of nitrogens with zero attached hydrogens (tertiary/aromatic N) is 2. The van der Waals surface area contributed by atoms with E-state index in [1.165, 1.54) is 11.3 Å². The van der Waals surface area contributed by atoms with Gasteiger partial charge in [-0.15, -0.1) is 11.3 Å². The SMILES string of the molecule is CC(C)(CO)Nc1ccc2scnc2c1[N+](=O)[O-]. The second-order valence-corrected chi connectivity index (χ2v) is 5.47. The van der Waals surface area contributed by atoms with Crippen LogP contribution >= 0.6 is 11.3 Å². The number of aliphatic hydroxyl groups is 1. The van der Waals surface area contributed by atoms with Crippen LogP contribution in [0, 0.1) is 10.1 Å². The number of aliphatic hydroxyl groups excluding tert-OH is 1. The van der Waals surface area contributed by atoms with E-state index in [0.29, 0.717) is 11.2 Å². The molecule has 96 valence electrons. The van der Waals surface area contributed by atoms with Gasteiger partial charge in [0.05, 0.1) is 27.3 Å². The number of thiazole rings is 1. The first-order chi connectivity index (χ1) is 8.44. The van der Waals surface area contributed by atoms with Crippen LogP contribution in [-0.4, -0.2) is 27.2 Å². The molecule has 0 aliphatic heterocycles. The molecule has 1 aromatic carbocycles. The first-order valence-electron chi connectivity index (χ1n) is 5.34. The number of hydrogen-bond acceptors (Lipinski definition) is 6. The van der Waals surface area contributed by atoms with Crippen LogP contribution in [0.2, 0.25) is 0 Å². The maximum absolute atomic E-state index is 11.2. The molecule has 7 heteroatoms. The third-order valence-corrected chi connectivity index (χ3v) is 3.32. The zero-order valence-corrected chi connectivity index (χ0v) is 10.8. The second-order valence-electron chi connectivity index (χ2n) is 4.58. The molecule has 0 bridgehead atoms. The van der Waals surface area contributed by atoms with Crippen molar-refractivity contribution in [3.63, 3.8) is 0 Å². The summed E-state index contributed by atoms with van der Waals surface area (Å²) in [6.45, 7) is 3.41. The standard InChI is InChI=1S/C11H13N3O3S/c1-11(2,5-15)13-7-3-4-8-9(12-6-18-8)10(7)14(16)17/h3-4,6,13,15H,5H2,1-2H3. The predicted octanol–water partition coefficient (Wildman–Crippen LogP) is 2.39. The number of benzene rings is 1. The van der Waals surface area contributed by atoms with Crippen molar-refractivity contribution < 1.29 is 10.0 Å². The normalized spacial score (nSPS) is 11.7. The van der Waals surface area contributed by atoms with Crippen LogP contribution in [0.5, 0.6) is 0 Å². The molecule has 0 spiro atoms. The quantitative estimate of drug-likeness (QED) is 0.656. The average Bonchev–Trinajstić information content (AvgIpc) is 2.75. The fourth-order valence-corrected chi connectivity index (χ4v) is 2.29. The van der Waals surface area contributed by atoms with Crippen molar-refractivity contribution in [2.24, 2.45) is 0 Å². The number of anilines is 1. The van der Waals surface area contributed by atoms with Gasteiger partial charge in [0, 0.05) is 0 Å². The largest absolute Gasteiger partial charge is 0.394 e. The molecule has 2 N–H and O–H groups in total. The maximum Gasteiger partial charge on any atom is 0.319 e. The van der Waals surface area contributed by atoms with E-state index in [2.05, 4.69) is 10.3 Å². The summed E-state index contributed by atoms with van der Waals surface area (Å²) in [6.07, 6.45) is 0. The summed E-state index contributed by atoms with van der Waals surface area (Å²) >= 11 is 1.36. The van der Waals surface area contributed by atoms with Gasteiger partial charge >= 0.3 is 5.69 Å². The van der Waals surface area contributed by atoms with Crippen molar-refractivity contribution >= 4 is 32.9 Å². The van der Waals surface area contributed by atoms with Crippen LogP contribution in [0.25, 0.3) is 10.2 Å². The zero-order chi connectivity index (χ0) is 13.3. The van der Waals surface area contributed by atoms with Gasteiger partial charge in [0.1, 0.15) is 5.69 Å². The number of nitro benzene ring substituents is 1. The highest BCUT2D eigenvalue weighted by Crippen LogP contribution is 2.35. The first kappa shape index (κ1) is 12.7. The van der Waals surface area contributed by atoms with Gasteiger partial charge in [-0.25, -0.2) is 4.98 Å². The summed E-state index contributed by atoms with van der Waals surface area (Å²) in [5, 5.41) is 23.4. The first-order valence-corrected chi connectivity index (χ1v) is 6.22. The highest BCUT2D eigenvalue weighted by molar-refractivity contribution is 7.16. The van der Waals surface area contributed by atoms with E-state index in [1.807, 2.05) is 0 Å². The summed E-state index contributed by atoms with van der Waals surface area (Å²) in [5.74, 6) is 0. The number of rotatable bonds is 4. The van der Waals surface area contributed by atoms with Gasteiger partial charge in [-0.05, 0) is 26.0 Å². The predicted molar refractivity (Wildman–Crippen MR) is 71.1 cm³/mol. The Bertz CT molecular complexity index is 594. The van der Waals surface area contributed by atoms with Crippen LogP contribution < -0.4 is 5.32 Å². The summed E-state index contributed by atoms with van der Waals surface area (Å²) in [7, 11) is 0. The van der Waals surface area contributed by atoms with Gasteiger partial charge in [0.2, 0.25) is 0 Å². The van der Waals surface area contributed by atoms with Crippen molar-refractivity contribution in [1.29, 1.82) is 0 Å². The van der Waals surface area contributed by atoms with E-state index in [-0.39, 0.29) is 12.3 Å². The van der Waals surface area contributed by atoms with Crippen LogP contribution in [0.4, 0.5) is 11.4 Å². The molecule has 1 aromatic heterocycles. The Morgan fingerprint density at radius 3 is 2.89 bits per heavy atom. The Hall–Kier alpha value is -1.73. The minimum atomic E-state index is -0.630. The number of aromatic nitrogens is 1. The highest BCUT2D eigenvalue weighted by Gasteiger charge is 2.25. The Balaban J connectivity index is 2.56. The summed E-state index contributed by atoms with van der Waals surface area (Å²) in [4.78, 5) is 14.8. The Labute approximate surface area is 107 Å². The number of nitrogens with one attached hydrogen (secondary N) is 1. The van der Waals surface area contributed by atoms with Gasteiger partial charge in [-0.3, -0.25) is 10.1 Å². The lowest BCUT2D eigenvalue weighted by molar-refractivity contribution is -0.382. The minimum Gasteiger partial charge on any atom is -0.394 e. The molecule has 0 aliphatic carbocycles. The topological polar surface area (TPSA) is 88.3 Å². The molecule has 0 saturated carbocycles. The number of hydrogen-bond donors (Lipinski definition) is 2. The molecule has 0 fully saturated rings. The molecular weight excluding hydrogens is 254 g/mol. The molecule has 0 amide bonds. The maximum atomic E-state index is 11.2. The van der Waals surface area contributed by atoms with E-state index in [4.69, 9.17) is 0 Å². The molecule has 2 rings (SSSR count). The van der Waals surface area contributed by atoms with Crippen LogP contribution in [0.3, 0.4) is 0 Å². The lowest BCUT2D eigenvalue weighted by atomic mass is 10.1. The van der Waals surface area contributed by atoms with Crippen LogP contribution in [0.1, 0.15) is 13.8 Å². The lowest BCUT2D eigenvalue weighted by Gasteiger charge is -2.24. The molecule has 0 unspecified atom stereocenters. The Morgan fingerprint density at radius 2 is 2.28 bits per heavy atom. The Kier molecular flexibility index (Phi) is 3.18. The molecule has 0 aliphatic rings. The van der Waals surface area contributed by atoms with E-state index >= 15 is 0 Å². The average molecular weight is 267 g/mol. The smallest absolute Gasteiger partial charge is 0.319 e. The van der Waals surface area contributed by atoms with E-state index in [1.54, 1.807) is 31.5 Å². The fourth-order valence-electron chi connectivity index (χ4n) is 1.61. The monoisotopic (exact) mass is 267 g/mol. The van der Waals surface area contributed by atoms with Gasteiger partial charge in [-0.1, -0.05) is 0 Å². The molecule has 6 nitrogen and oxygen atoms in total. The van der Waals surface area contributed by atoms with Crippen molar-refractivity contribution in [2.75, 3.05) is 11.9 Å². The van der Waals surface area contributed by atoms with Gasteiger partial charge in [0.25, 0.3) is 0 Å². The fraction of sp³-hybridized carbons (Fsp3) is 0.364. The van der Waals surface area contributed by atoms with Crippen molar-refractivity contribution in [2.45, 2.75) is 19.4 Å². The van der Waals surface area contributed by atoms with Gasteiger partial charge < -0.3 is 10.4 Å². The molecule has 0 saturated heterocycles. The van der Waals surface area contributed by atoms with Crippen LogP contribution in [-0.2, 0) is 0 Å².